The van der Waals surface area contributed by atoms with Gasteiger partial charge < -0.3 is 15.0 Å². The number of hydrogen-bond acceptors (Lipinski definition) is 3. The highest BCUT2D eigenvalue weighted by Gasteiger charge is 2.56. The smallest absolute Gasteiger partial charge is 0.404 e. The van der Waals surface area contributed by atoms with Crippen LogP contribution in [-0.2, 0) is 15.7 Å². The van der Waals surface area contributed by atoms with Gasteiger partial charge >= 0.3 is 7.12 Å². The second kappa shape index (κ2) is 6.96. The first kappa shape index (κ1) is 17.0. The van der Waals surface area contributed by atoms with Gasteiger partial charge in [0.05, 0.1) is 11.7 Å². The summed E-state index contributed by atoms with van der Waals surface area (Å²) >= 11 is 0. The molecule has 1 saturated heterocycles. The van der Waals surface area contributed by atoms with Gasteiger partial charge in [-0.1, -0.05) is 57.0 Å². The summed E-state index contributed by atoms with van der Waals surface area (Å²) in [5.41, 5.74) is 7.50. The maximum atomic E-state index is 6.44. The molecule has 23 heavy (non-hydrogen) atoms. The Morgan fingerprint density at radius 1 is 1.22 bits per heavy atom. The zero-order valence-electron chi connectivity index (χ0n) is 14.7. The van der Waals surface area contributed by atoms with Gasteiger partial charge in [0.25, 0.3) is 0 Å². The van der Waals surface area contributed by atoms with E-state index in [0.717, 1.165) is 25.2 Å². The summed E-state index contributed by atoms with van der Waals surface area (Å²) in [7, 11) is -0.283. The Labute approximate surface area is 141 Å². The van der Waals surface area contributed by atoms with Crippen LogP contribution in [0.25, 0.3) is 0 Å². The molecule has 0 spiro atoms. The van der Waals surface area contributed by atoms with Crippen molar-refractivity contribution in [2.75, 3.05) is 0 Å². The van der Waals surface area contributed by atoms with Gasteiger partial charge in [0.15, 0.2) is 0 Å². The molecule has 2 fully saturated rings. The Hall–Kier alpha value is -0.835. The van der Waals surface area contributed by atoms with Gasteiger partial charge in [-0.25, -0.2) is 0 Å². The molecular formula is C19H30BNO2. The second-order valence-electron chi connectivity index (χ2n) is 7.50. The quantitative estimate of drug-likeness (QED) is 0.844. The molecule has 3 rings (SSSR count). The van der Waals surface area contributed by atoms with Crippen LogP contribution in [0.5, 0.6) is 0 Å². The van der Waals surface area contributed by atoms with E-state index in [9.17, 15) is 0 Å². The number of rotatable bonds is 5. The molecule has 1 aromatic rings. The topological polar surface area (TPSA) is 44.5 Å². The van der Waals surface area contributed by atoms with Crippen LogP contribution in [0.3, 0.4) is 0 Å². The van der Waals surface area contributed by atoms with Gasteiger partial charge in [-0.05, 0) is 43.6 Å². The minimum absolute atomic E-state index is 0.114. The molecule has 3 nitrogen and oxygen atoms in total. The number of hydrogen-bond donors (Lipinski definition) is 1. The fourth-order valence-corrected chi connectivity index (χ4v) is 4.41. The minimum Gasteiger partial charge on any atom is -0.404 e. The highest BCUT2D eigenvalue weighted by molar-refractivity contribution is 6.47. The lowest BCUT2D eigenvalue weighted by atomic mass is 9.68. The summed E-state index contributed by atoms with van der Waals surface area (Å²) in [5.74, 6) is 1.21. The van der Waals surface area contributed by atoms with Crippen LogP contribution in [0.1, 0.15) is 52.0 Å². The molecule has 126 valence electrons. The summed E-state index contributed by atoms with van der Waals surface area (Å²) in [6.45, 7) is 6.80. The van der Waals surface area contributed by atoms with E-state index in [0.29, 0.717) is 5.92 Å². The molecule has 2 N–H and O–H groups in total. The molecule has 0 aromatic heterocycles. The van der Waals surface area contributed by atoms with Gasteiger partial charge in [-0.3, -0.25) is 0 Å². The van der Waals surface area contributed by atoms with Crippen LogP contribution in [0, 0.1) is 11.8 Å². The molecule has 0 radical (unpaired) electrons. The lowest BCUT2D eigenvalue weighted by Crippen LogP contribution is -2.50. The third-order valence-corrected chi connectivity index (χ3v) is 6.02. The van der Waals surface area contributed by atoms with Crippen molar-refractivity contribution in [1.82, 2.24) is 0 Å². The van der Waals surface area contributed by atoms with Crippen LogP contribution in [0.15, 0.2) is 30.3 Å². The van der Waals surface area contributed by atoms with E-state index in [1.165, 1.54) is 18.4 Å². The monoisotopic (exact) mass is 315 g/mol. The van der Waals surface area contributed by atoms with E-state index in [2.05, 4.69) is 45.0 Å². The van der Waals surface area contributed by atoms with Crippen LogP contribution < -0.4 is 5.73 Å². The van der Waals surface area contributed by atoms with Crippen LogP contribution in [-0.4, -0.2) is 24.8 Å². The Kier molecular flexibility index (Phi) is 5.15. The van der Waals surface area contributed by atoms with Crippen molar-refractivity contribution in [3.63, 3.8) is 0 Å². The molecule has 1 heterocycles. The predicted octanol–water partition coefficient (Wildman–Crippen LogP) is 3.60. The normalized spacial score (nSPS) is 35.1. The van der Waals surface area contributed by atoms with Gasteiger partial charge in [0, 0.05) is 5.94 Å². The second-order valence-corrected chi connectivity index (χ2v) is 7.50. The van der Waals surface area contributed by atoms with E-state index in [-0.39, 0.29) is 24.8 Å². The molecule has 0 unspecified atom stereocenters. The van der Waals surface area contributed by atoms with Crippen molar-refractivity contribution in [2.24, 2.45) is 17.6 Å². The lowest BCUT2D eigenvalue weighted by Gasteiger charge is -2.45. The average molecular weight is 315 g/mol. The van der Waals surface area contributed by atoms with Crippen molar-refractivity contribution in [3.8, 4) is 0 Å². The van der Waals surface area contributed by atoms with Crippen molar-refractivity contribution in [2.45, 2.75) is 70.5 Å². The van der Waals surface area contributed by atoms with Crippen LogP contribution in [0.4, 0.5) is 0 Å². The van der Waals surface area contributed by atoms with Crippen LogP contribution in [0.2, 0.25) is 0 Å². The zero-order chi connectivity index (χ0) is 16.4. The van der Waals surface area contributed by atoms with E-state index in [1.54, 1.807) is 0 Å². The minimum atomic E-state index is -0.283. The lowest BCUT2D eigenvalue weighted by molar-refractivity contribution is -0.0536. The van der Waals surface area contributed by atoms with Gasteiger partial charge in [-0.2, -0.15) is 0 Å². The first-order valence-electron chi connectivity index (χ1n) is 9.19. The SMILES string of the molecule is CC[C@H]1C[C@@H](CC)[C@]2(C)OB([C@@H](N)Cc3ccccc3)O[C@@H]2C1. The fourth-order valence-electron chi connectivity index (χ4n) is 4.41. The molecule has 2 aliphatic rings. The molecule has 1 aromatic carbocycles. The fraction of sp³-hybridized carbons (Fsp3) is 0.684. The van der Waals surface area contributed by atoms with Gasteiger partial charge in [0.1, 0.15) is 0 Å². The van der Waals surface area contributed by atoms with E-state index in [1.807, 2.05) is 6.07 Å². The summed E-state index contributed by atoms with van der Waals surface area (Å²) in [5, 5.41) is 0. The molecular weight excluding hydrogens is 285 g/mol. The standard InChI is InChI=1S/C19H30BNO2/c1-4-14-11-16(5-2)19(3)17(12-14)22-20(23-19)18(21)13-15-9-7-6-8-10-15/h6-10,14,16-18H,4-5,11-13,21H2,1-3H3/t14-,16+,17+,18-,19-/m0/s1. The maximum Gasteiger partial charge on any atom is 0.475 e. The Bertz CT molecular complexity index is 511. The maximum absolute atomic E-state index is 6.44. The first-order chi connectivity index (χ1) is 11.1. The number of nitrogens with two attached hydrogens (primary N) is 1. The van der Waals surface area contributed by atoms with E-state index >= 15 is 0 Å². The third-order valence-electron chi connectivity index (χ3n) is 6.02. The number of benzene rings is 1. The molecule has 4 heteroatoms. The average Bonchev–Trinajstić information content (AvgIpc) is 2.92. The molecule has 1 aliphatic heterocycles. The summed E-state index contributed by atoms with van der Waals surface area (Å²) in [6.07, 6.45) is 5.73. The largest absolute Gasteiger partial charge is 0.475 e. The highest BCUT2D eigenvalue weighted by Crippen LogP contribution is 2.47. The van der Waals surface area contributed by atoms with Crippen molar-refractivity contribution < 1.29 is 9.31 Å². The summed E-state index contributed by atoms with van der Waals surface area (Å²) in [4.78, 5) is 0. The predicted molar refractivity (Wildman–Crippen MR) is 95.0 cm³/mol. The summed E-state index contributed by atoms with van der Waals surface area (Å²) in [6, 6.07) is 10.4. The van der Waals surface area contributed by atoms with Gasteiger partial charge in [0.2, 0.25) is 0 Å². The zero-order valence-corrected chi connectivity index (χ0v) is 14.7. The van der Waals surface area contributed by atoms with E-state index < -0.39 is 0 Å². The molecule has 1 aliphatic carbocycles. The molecule has 1 saturated carbocycles. The molecule has 5 atom stereocenters. The van der Waals surface area contributed by atoms with Crippen molar-refractivity contribution >= 4 is 7.12 Å². The Morgan fingerprint density at radius 2 is 1.96 bits per heavy atom. The van der Waals surface area contributed by atoms with Crippen LogP contribution >= 0.6 is 0 Å². The third kappa shape index (κ3) is 3.35. The Balaban J connectivity index is 1.70. The van der Waals surface area contributed by atoms with Gasteiger partial charge in [-0.15, -0.1) is 0 Å². The highest BCUT2D eigenvalue weighted by atomic mass is 16.7. The number of fused-ring (bicyclic) bond motifs is 1. The molecule has 0 bridgehead atoms. The summed E-state index contributed by atoms with van der Waals surface area (Å²) < 4.78 is 12.8. The molecule has 0 amide bonds. The van der Waals surface area contributed by atoms with E-state index in [4.69, 9.17) is 15.0 Å². The van der Waals surface area contributed by atoms with Crippen molar-refractivity contribution in [3.05, 3.63) is 35.9 Å². The van der Waals surface area contributed by atoms with Crippen molar-refractivity contribution in [1.29, 1.82) is 0 Å². The Morgan fingerprint density at radius 3 is 2.61 bits per heavy atom. The first-order valence-corrected chi connectivity index (χ1v) is 9.19.